The van der Waals surface area contributed by atoms with Crippen LogP contribution in [0.4, 0.5) is 4.39 Å². The highest BCUT2D eigenvalue weighted by Gasteiger charge is 2.15. The molecule has 0 aliphatic heterocycles. The van der Waals surface area contributed by atoms with Gasteiger partial charge >= 0.3 is 0 Å². The van der Waals surface area contributed by atoms with Crippen molar-refractivity contribution in [3.05, 3.63) is 28.5 Å². The summed E-state index contributed by atoms with van der Waals surface area (Å²) >= 11 is 3.19. The summed E-state index contributed by atoms with van der Waals surface area (Å²) in [6.07, 6.45) is 1.08. The van der Waals surface area contributed by atoms with Gasteiger partial charge in [-0.3, -0.25) is 4.79 Å². The van der Waals surface area contributed by atoms with E-state index in [9.17, 15) is 9.18 Å². The van der Waals surface area contributed by atoms with E-state index in [1.165, 1.54) is 18.2 Å². The number of ether oxygens (including phenoxy) is 1. The number of hydrogen-bond acceptors (Lipinski definition) is 3. The Labute approximate surface area is 120 Å². The molecule has 1 unspecified atom stereocenters. The second-order valence-corrected chi connectivity index (χ2v) is 4.98. The van der Waals surface area contributed by atoms with Crippen LogP contribution >= 0.6 is 15.9 Å². The summed E-state index contributed by atoms with van der Waals surface area (Å²) in [5.41, 5.74) is 5.36. The summed E-state index contributed by atoms with van der Waals surface area (Å²) in [6, 6.07) is 4.06. The van der Waals surface area contributed by atoms with Crippen LogP contribution in [0.5, 0.6) is 5.75 Å². The van der Waals surface area contributed by atoms with Crippen molar-refractivity contribution >= 4 is 21.8 Å². The zero-order valence-corrected chi connectivity index (χ0v) is 12.4. The Morgan fingerprint density at radius 2 is 2.26 bits per heavy atom. The van der Waals surface area contributed by atoms with Gasteiger partial charge in [-0.2, -0.15) is 0 Å². The van der Waals surface area contributed by atoms with Gasteiger partial charge in [0, 0.05) is 6.54 Å². The van der Waals surface area contributed by atoms with Gasteiger partial charge in [-0.05, 0) is 60.4 Å². The normalized spacial score (nSPS) is 12.0. The molecule has 1 atom stereocenters. The zero-order chi connectivity index (χ0) is 14.3. The van der Waals surface area contributed by atoms with Crippen LogP contribution in [0.1, 0.15) is 19.8 Å². The Morgan fingerprint density at radius 1 is 1.53 bits per heavy atom. The quantitative estimate of drug-likeness (QED) is 0.752. The van der Waals surface area contributed by atoms with Crippen molar-refractivity contribution in [1.82, 2.24) is 5.32 Å². The summed E-state index contributed by atoms with van der Waals surface area (Å²) in [6.45, 7) is 2.84. The molecular formula is C13H18BrFN2O2. The summed E-state index contributed by atoms with van der Waals surface area (Å²) < 4.78 is 18.9. The fourth-order valence-electron chi connectivity index (χ4n) is 1.44. The van der Waals surface area contributed by atoms with Gasteiger partial charge in [-0.1, -0.05) is 0 Å². The third-order valence-corrected chi connectivity index (χ3v) is 3.12. The number of nitrogens with two attached hydrogens (primary N) is 1. The van der Waals surface area contributed by atoms with E-state index in [2.05, 4.69) is 21.2 Å². The number of amides is 1. The molecule has 6 heteroatoms. The molecule has 1 rings (SSSR count). The second-order valence-electron chi connectivity index (χ2n) is 4.12. The number of benzene rings is 1. The molecule has 106 valence electrons. The number of carbonyl (C=O) groups is 1. The molecule has 19 heavy (non-hydrogen) atoms. The van der Waals surface area contributed by atoms with Crippen LogP contribution in [0.3, 0.4) is 0 Å². The van der Waals surface area contributed by atoms with Crippen molar-refractivity contribution < 1.29 is 13.9 Å². The lowest BCUT2D eigenvalue weighted by Crippen LogP contribution is -2.37. The Kier molecular flexibility index (Phi) is 6.80. The van der Waals surface area contributed by atoms with E-state index in [4.69, 9.17) is 10.5 Å². The van der Waals surface area contributed by atoms with Crippen molar-refractivity contribution in [2.45, 2.75) is 25.9 Å². The minimum atomic E-state index is -0.639. The van der Waals surface area contributed by atoms with Crippen LogP contribution < -0.4 is 15.8 Å². The zero-order valence-electron chi connectivity index (χ0n) is 10.8. The maximum absolute atomic E-state index is 12.9. The first-order valence-corrected chi connectivity index (χ1v) is 6.93. The van der Waals surface area contributed by atoms with Crippen LogP contribution in [-0.4, -0.2) is 25.1 Å². The van der Waals surface area contributed by atoms with Crippen molar-refractivity contribution in [3.63, 3.8) is 0 Å². The molecule has 1 aromatic carbocycles. The van der Waals surface area contributed by atoms with Crippen LogP contribution in [0, 0.1) is 5.82 Å². The summed E-state index contributed by atoms with van der Waals surface area (Å²) in [7, 11) is 0. The maximum Gasteiger partial charge on any atom is 0.260 e. The third kappa shape index (κ3) is 5.57. The smallest absolute Gasteiger partial charge is 0.260 e. The topological polar surface area (TPSA) is 64.3 Å². The van der Waals surface area contributed by atoms with Gasteiger partial charge in [0.1, 0.15) is 11.6 Å². The second kappa shape index (κ2) is 8.12. The predicted molar refractivity (Wildman–Crippen MR) is 75.5 cm³/mol. The number of unbranched alkanes of at least 4 members (excludes halogenated alkanes) is 1. The van der Waals surface area contributed by atoms with Gasteiger partial charge in [0.2, 0.25) is 0 Å². The van der Waals surface area contributed by atoms with E-state index in [-0.39, 0.29) is 11.7 Å². The van der Waals surface area contributed by atoms with Crippen LogP contribution in [0.2, 0.25) is 0 Å². The van der Waals surface area contributed by atoms with Gasteiger partial charge in [0.25, 0.3) is 5.91 Å². The largest absolute Gasteiger partial charge is 0.480 e. The van der Waals surface area contributed by atoms with Gasteiger partial charge in [0.05, 0.1) is 4.47 Å². The maximum atomic E-state index is 12.9. The highest BCUT2D eigenvalue weighted by Crippen LogP contribution is 2.26. The molecule has 1 amide bonds. The minimum absolute atomic E-state index is 0.201. The molecule has 0 bridgehead atoms. The average Bonchev–Trinajstić information content (AvgIpc) is 2.37. The molecule has 0 aliphatic rings. The number of carbonyl (C=O) groups excluding carboxylic acids is 1. The van der Waals surface area contributed by atoms with Gasteiger partial charge in [0.15, 0.2) is 6.10 Å². The Bertz CT molecular complexity index is 429. The molecular weight excluding hydrogens is 315 g/mol. The predicted octanol–water partition coefficient (Wildman–Crippen LogP) is 2.21. The van der Waals surface area contributed by atoms with Crippen molar-refractivity contribution in [3.8, 4) is 5.75 Å². The molecule has 1 aromatic rings. The van der Waals surface area contributed by atoms with E-state index >= 15 is 0 Å². The standard InChI is InChI=1S/C13H18BrFN2O2/c1-9(13(18)17-7-3-2-6-16)19-12-5-4-10(15)8-11(12)14/h4-5,8-9H,2-3,6-7,16H2,1H3,(H,17,18). The van der Waals surface area contributed by atoms with Gasteiger partial charge < -0.3 is 15.8 Å². The van der Waals surface area contributed by atoms with Gasteiger partial charge in [-0.15, -0.1) is 0 Å². The average molecular weight is 333 g/mol. The summed E-state index contributed by atoms with van der Waals surface area (Å²) in [5.74, 6) is -0.127. The molecule has 0 aromatic heterocycles. The molecule has 0 saturated heterocycles. The van der Waals surface area contributed by atoms with Crippen molar-refractivity contribution in [2.75, 3.05) is 13.1 Å². The highest BCUT2D eigenvalue weighted by molar-refractivity contribution is 9.10. The van der Waals surface area contributed by atoms with E-state index in [0.717, 1.165) is 12.8 Å². The lowest BCUT2D eigenvalue weighted by atomic mass is 10.3. The van der Waals surface area contributed by atoms with E-state index in [1.807, 2.05) is 0 Å². The Hall–Kier alpha value is -1.14. The summed E-state index contributed by atoms with van der Waals surface area (Å²) in [4.78, 5) is 11.7. The lowest BCUT2D eigenvalue weighted by Gasteiger charge is -2.15. The fourth-order valence-corrected chi connectivity index (χ4v) is 1.88. The lowest BCUT2D eigenvalue weighted by molar-refractivity contribution is -0.127. The molecule has 0 saturated carbocycles. The fraction of sp³-hybridized carbons (Fsp3) is 0.462. The van der Waals surface area contributed by atoms with E-state index < -0.39 is 6.10 Å². The minimum Gasteiger partial charge on any atom is -0.480 e. The number of nitrogens with one attached hydrogen (secondary N) is 1. The highest BCUT2D eigenvalue weighted by atomic mass is 79.9. The Morgan fingerprint density at radius 3 is 2.89 bits per heavy atom. The molecule has 3 N–H and O–H groups in total. The first-order chi connectivity index (χ1) is 9.04. The Balaban J connectivity index is 2.45. The van der Waals surface area contributed by atoms with Crippen molar-refractivity contribution in [1.29, 1.82) is 0 Å². The molecule has 0 spiro atoms. The summed E-state index contributed by atoms with van der Waals surface area (Å²) in [5, 5.41) is 2.76. The molecule has 0 aliphatic carbocycles. The molecule has 0 radical (unpaired) electrons. The third-order valence-electron chi connectivity index (χ3n) is 2.50. The molecule has 0 fully saturated rings. The molecule has 0 heterocycles. The molecule has 4 nitrogen and oxygen atoms in total. The SMILES string of the molecule is CC(Oc1ccc(F)cc1Br)C(=O)NCCCCN. The van der Waals surface area contributed by atoms with Crippen LogP contribution in [0.15, 0.2) is 22.7 Å². The van der Waals surface area contributed by atoms with Crippen molar-refractivity contribution in [2.24, 2.45) is 5.73 Å². The number of halogens is 2. The first kappa shape index (κ1) is 15.9. The van der Waals surface area contributed by atoms with E-state index in [0.29, 0.717) is 23.3 Å². The number of rotatable bonds is 7. The van der Waals surface area contributed by atoms with E-state index in [1.54, 1.807) is 6.92 Å². The number of hydrogen-bond donors (Lipinski definition) is 2. The van der Waals surface area contributed by atoms with Crippen LogP contribution in [0.25, 0.3) is 0 Å². The van der Waals surface area contributed by atoms with Crippen LogP contribution in [-0.2, 0) is 4.79 Å². The van der Waals surface area contributed by atoms with Gasteiger partial charge in [-0.25, -0.2) is 4.39 Å². The monoisotopic (exact) mass is 332 g/mol. The first-order valence-electron chi connectivity index (χ1n) is 6.14.